The van der Waals surface area contributed by atoms with Crippen LogP contribution >= 0.6 is 11.6 Å². The number of hydrogen-bond donors (Lipinski definition) is 1. The van der Waals surface area contributed by atoms with Crippen molar-refractivity contribution in [2.24, 2.45) is 46.3 Å². The summed E-state index contributed by atoms with van der Waals surface area (Å²) in [4.78, 5) is 76.6. The van der Waals surface area contributed by atoms with Crippen molar-refractivity contribution in [3.8, 4) is 5.88 Å². The fraction of sp³-hybridized carbons (Fsp3) is 0.705. The summed E-state index contributed by atoms with van der Waals surface area (Å²) in [6.07, 6.45) is -7.29. The van der Waals surface area contributed by atoms with Crippen molar-refractivity contribution in [2.75, 3.05) is 6.54 Å². The van der Waals surface area contributed by atoms with Crippen LogP contribution < -0.4 is 14.0 Å². The molecule has 6 aliphatic rings. The van der Waals surface area contributed by atoms with Crippen LogP contribution in [0.5, 0.6) is 5.88 Å². The zero-order valence-electron chi connectivity index (χ0n) is 36.0. The first-order chi connectivity index (χ1) is 29.9. The van der Waals surface area contributed by atoms with Gasteiger partial charge in [0.05, 0.1) is 35.6 Å². The van der Waals surface area contributed by atoms with E-state index in [0.29, 0.717) is 42.1 Å². The first kappa shape index (κ1) is 46.5. The predicted octanol–water partition coefficient (Wildman–Crippen LogP) is 6.55. The van der Waals surface area contributed by atoms with Crippen LogP contribution in [-0.4, -0.2) is 90.4 Å². The third-order valence-electron chi connectivity index (χ3n) is 14.6. The maximum Gasteiger partial charge on any atom is 0.521 e. The van der Waals surface area contributed by atoms with Crippen LogP contribution in [0.15, 0.2) is 18.2 Å². The minimum Gasteiger partial charge on any atom is -0.462 e. The van der Waals surface area contributed by atoms with Crippen molar-refractivity contribution in [3.63, 3.8) is 0 Å². The number of aromatic nitrogens is 2. The number of ketones is 1. The lowest BCUT2D eigenvalue weighted by molar-refractivity contribution is -0.570. The number of Topliss-reactive ketones (excluding diaryl/α,β-unsaturated/α-hetero) is 1. The van der Waals surface area contributed by atoms with Crippen molar-refractivity contribution in [2.45, 2.75) is 141 Å². The number of nitrogens with zero attached hydrogens (tertiary/aromatic N) is 3. The summed E-state index contributed by atoms with van der Waals surface area (Å²) in [5, 5.41) is -0.884. The van der Waals surface area contributed by atoms with Crippen molar-refractivity contribution in [3.05, 3.63) is 28.9 Å². The van der Waals surface area contributed by atoms with Crippen LogP contribution in [0, 0.1) is 46.3 Å². The number of carbonyl (C=O) groups excluding carboxylic acids is 5. The van der Waals surface area contributed by atoms with E-state index in [4.69, 9.17) is 21.1 Å². The number of halogens is 6. The summed E-state index contributed by atoms with van der Waals surface area (Å²) in [6, 6.07) is 2.38. The Bertz CT molecular complexity index is 2380. The summed E-state index contributed by atoms with van der Waals surface area (Å²) in [7, 11) is -4.22. The SMILES string of the molecule is C[C@@H]1[C@@H]2CN(C(=O)[C@H](C(C)(C)C)CC(=O)O[C@@H]3C[C@@H]4C[C@@H]4[C@H]3CCCCCc3nc4ccc(Cl)cc4[n+](C(=O)C(F)(F)F)c3O2)[C@@H]1C(=O)C[C@]1(C(=O)NS(=O)(=O)C2CC2)C[C@H]1C(F)F. The lowest BCUT2D eigenvalue weighted by Crippen LogP contribution is -2.53. The quantitative estimate of drug-likeness (QED) is 0.183. The third kappa shape index (κ3) is 8.96. The van der Waals surface area contributed by atoms with Gasteiger partial charge in [-0.05, 0) is 80.2 Å². The number of hydrogen-bond acceptors (Lipinski definition) is 10. The molecule has 0 radical (unpaired) electrons. The number of sulfonamides is 1. The molecule has 1 saturated heterocycles. The van der Waals surface area contributed by atoms with Crippen LogP contribution in [0.25, 0.3) is 11.0 Å². The van der Waals surface area contributed by atoms with Gasteiger partial charge in [-0.25, -0.2) is 27.0 Å². The molecule has 1 N–H and O–H groups in total. The molecule has 2 amide bonds. The Morgan fingerprint density at radius 3 is 2.38 bits per heavy atom. The highest BCUT2D eigenvalue weighted by atomic mass is 35.5. The molecule has 3 heterocycles. The molecule has 4 aliphatic carbocycles. The second-order valence-corrected chi connectivity index (χ2v) is 22.4. The van der Waals surface area contributed by atoms with E-state index in [-0.39, 0.29) is 53.0 Å². The standard InChI is InChI=1S/C44H52ClF5N4O9S/c1-21-34-20-53(36(21)32(55)19-43(18-28(43)37(46)47)40(58)52-64(60,61)24-11-12-24)38(57)27(42(2,3)4)17-35(56)62-33-15-22-14-26(22)25(33)8-6-5-7-9-30-39(63-34)54(41(59)44(48,49)50)31-16-23(45)10-13-29(31)51-30/h10,13,16,21-22,24-28,33-34,36-37H,5-9,11-12,14-15,17-20H2,1-4H3/p+1/t21-,22+,25-,26+,27-,28+,33-,34+,36+,43-/m1/s1. The minimum absolute atomic E-state index is 0.00106. The number of benzene rings is 1. The van der Waals surface area contributed by atoms with Crippen LogP contribution in [-0.2, 0) is 40.4 Å². The first-order valence-corrected chi connectivity index (χ1v) is 24.0. The zero-order chi connectivity index (χ0) is 46.4. The summed E-state index contributed by atoms with van der Waals surface area (Å²) in [5.41, 5.74) is -3.39. The van der Waals surface area contributed by atoms with Gasteiger partial charge in [-0.1, -0.05) is 56.7 Å². The Kier molecular flexibility index (Phi) is 12.1. The number of alkyl halides is 5. The Morgan fingerprint density at radius 1 is 1.02 bits per heavy atom. The van der Waals surface area contributed by atoms with Gasteiger partial charge in [0.25, 0.3) is 0 Å². The number of nitrogens with one attached hydrogen (secondary N) is 1. The minimum atomic E-state index is -5.42. The van der Waals surface area contributed by atoms with E-state index in [1.54, 1.807) is 20.8 Å². The molecule has 2 bridgehead atoms. The van der Waals surface area contributed by atoms with E-state index in [2.05, 4.69) is 4.98 Å². The summed E-state index contributed by atoms with van der Waals surface area (Å²) in [6.45, 7) is 6.14. The molecule has 1 aromatic carbocycles. The average Bonchev–Trinajstić information content (AvgIpc) is 4.12. The molecule has 2 aromatic rings. The number of esters is 1. The van der Waals surface area contributed by atoms with Gasteiger partial charge >= 0.3 is 23.9 Å². The van der Waals surface area contributed by atoms with Gasteiger partial charge in [0.2, 0.25) is 33.8 Å². The number of amides is 2. The van der Waals surface area contributed by atoms with Crippen molar-refractivity contribution >= 4 is 62.1 Å². The number of fused-ring (bicyclic) bond motifs is 7. The van der Waals surface area contributed by atoms with E-state index >= 15 is 4.79 Å². The molecule has 350 valence electrons. The van der Waals surface area contributed by atoms with Crippen LogP contribution in [0.1, 0.15) is 109 Å². The first-order valence-electron chi connectivity index (χ1n) is 22.1. The van der Waals surface area contributed by atoms with Gasteiger partial charge in [-0.2, -0.15) is 13.2 Å². The molecular weight excluding hydrogens is 891 g/mol. The topological polar surface area (TPSA) is 170 Å². The molecule has 2 aliphatic heterocycles. The van der Waals surface area contributed by atoms with Crippen LogP contribution in [0.4, 0.5) is 22.0 Å². The highest BCUT2D eigenvalue weighted by molar-refractivity contribution is 7.90. The number of aryl methyl sites for hydroxylation is 1. The second kappa shape index (κ2) is 16.7. The molecule has 13 nitrogen and oxygen atoms in total. The Hall–Kier alpha value is -4.00. The largest absolute Gasteiger partial charge is 0.521 e. The fourth-order valence-corrected chi connectivity index (χ4v) is 12.2. The van der Waals surface area contributed by atoms with E-state index in [9.17, 15) is 49.5 Å². The van der Waals surface area contributed by atoms with Gasteiger partial charge < -0.3 is 14.4 Å². The number of rotatable bonds is 7. The summed E-state index contributed by atoms with van der Waals surface area (Å²) in [5.74, 6) is -9.47. The number of carbonyl (C=O) groups is 5. The maximum atomic E-state index is 15.1. The molecule has 10 atom stereocenters. The van der Waals surface area contributed by atoms with Crippen LogP contribution in [0.2, 0.25) is 5.02 Å². The monoisotopic (exact) mass is 943 g/mol. The molecular formula is C44H53ClF5N4O9S+. The van der Waals surface area contributed by atoms with Crippen molar-refractivity contribution < 1.29 is 68.4 Å². The zero-order valence-corrected chi connectivity index (χ0v) is 37.5. The Labute approximate surface area is 372 Å². The predicted molar refractivity (Wildman–Crippen MR) is 218 cm³/mol. The molecule has 4 saturated carbocycles. The van der Waals surface area contributed by atoms with Gasteiger partial charge in [0, 0.05) is 35.8 Å². The molecule has 20 heteroatoms. The molecule has 5 fully saturated rings. The third-order valence-corrected chi connectivity index (χ3v) is 16.6. The maximum absolute atomic E-state index is 15.1. The van der Waals surface area contributed by atoms with Gasteiger partial charge in [0.1, 0.15) is 17.7 Å². The van der Waals surface area contributed by atoms with Crippen molar-refractivity contribution in [1.29, 1.82) is 0 Å². The molecule has 0 unspecified atom stereocenters. The van der Waals surface area contributed by atoms with E-state index in [1.807, 2.05) is 4.72 Å². The van der Waals surface area contributed by atoms with Gasteiger partial charge in [-0.3, -0.25) is 23.9 Å². The second-order valence-electron chi connectivity index (χ2n) is 20.0. The smallest absolute Gasteiger partial charge is 0.462 e. The van der Waals surface area contributed by atoms with E-state index in [1.165, 1.54) is 19.1 Å². The molecule has 1 aromatic heterocycles. The fourth-order valence-electron chi connectivity index (χ4n) is 10.6. The lowest BCUT2D eigenvalue weighted by atomic mass is 9.77. The van der Waals surface area contributed by atoms with Crippen molar-refractivity contribution in [1.82, 2.24) is 14.6 Å². The molecule has 0 spiro atoms. The highest BCUT2D eigenvalue weighted by Gasteiger charge is 2.67. The van der Waals surface area contributed by atoms with E-state index < -0.39 is 130 Å². The normalized spacial score (nSPS) is 32.4. The van der Waals surface area contributed by atoms with Gasteiger partial charge in [-0.15, -0.1) is 0 Å². The Balaban J connectivity index is 1.22. The number of ether oxygens (including phenoxy) is 2. The average molecular weight is 944 g/mol. The highest BCUT2D eigenvalue weighted by Crippen LogP contribution is 2.60. The summed E-state index contributed by atoms with van der Waals surface area (Å²) >= 11 is 6.26. The Morgan fingerprint density at radius 2 is 1.73 bits per heavy atom. The molecule has 8 rings (SSSR count). The van der Waals surface area contributed by atoms with Crippen LogP contribution in [0.3, 0.4) is 0 Å². The lowest BCUT2D eigenvalue weighted by Gasteiger charge is -2.35. The van der Waals surface area contributed by atoms with E-state index in [0.717, 1.165) is 23.8 Å². The van der Waals surface area contributed by atoms with Gasteiger partial charge in [0.15, 0.2) is 11.5 Å². The summed E-state index contributed by atoms with van der Waals surface area (Å²) < 4.78 is 113. The molecule has 64 heavy (non-hydrogen) atoms.